The molecule has 2 aromatic heterocycles. The van der Waals surface area contributed by atoms with E-state index in [1.165, 1.54) is 0 Å². The van der Waals surface area contributed by atoms with Crippen LogP contribution in [0.4, 0.5) is 4.79 Å². The lowest BCUT2D eigenvalue weighted by atomic mass is 10.1. The number of nitrogens with one attached hydrogen (secondary N) is 1. The number of carbonyl (C=O) groups is 1. The number of aromatic nitrogens is 2. The summed E-state index contributed by atoms with van der Waals surface area (Å²) in [7, 11) is 0. The second kappa shape index (κ2) is 10.3. The SMILES string of the molecule is CC(c1nc2ccccc2c(=O)n1-c1ccccc1)N(Cc1ccco1)C(=O)NCc1ccccc1. The van der Waals surface area contributed by atoms with Crippen molar-refractivity contribution in [2.24, 2.45) is 0 Å². The first kappa shape index (κ1) is 23.1. The smallest absolute Gasteiger partial charge is 0.318 e. The van der Waals surface area contributed by atoms with Gasteiger partial charge < -0.3 is 14.6 Å². The maximum Gasteiger partial charge on any atom is 0.318 e. The van der Waals surface area contributed by atoms with Gasteiger partial charge in [-0.05, 0) is 48.9 Å². The molecule has 5 rings (SSSR count). The lowest BCUT2D eigenvalue weighted by Crippen LogP contribution is -2.42. The van der Waals surface area contributed by atoms with E-state index in [0.29, 0.717) is 34.7 Å². The van der Waals surface area contributed by atoms with Crippen molar-refractivity contribution in [3.8, 4) is 5.69 Å². The van der Waals surface area contributed by atoms with Crippen LogP contribution in [-0.2, 0) is 13.1 Å². The summed E-state index contributed by atoms with van der Waals surface area (Å²) in [5.74, 6) is 1.09. The highest BCUT2D eigenvalue weighted by atomic mass is 16.3. The van der Waals surface area contributed by atoms with Gasteiger partial charge in [0.1, 0.15) is 11.6 Å². The Bertz CT molecular complexity index is 1510. The average Bonchev–Trinajstić information content (AvgIpc) is 3.44. The first-order chi connectivity index (χ1) is 17.6. The zero-order valence-electron chi connectivity index (χ0n) is 19.9. The van der Waals surface area contributed by atoms with E-state index in [1.807, 2.05) is 91.9 Å². The average molecular weight is 479 g/mol. The van der Waals surface area contributed by atoms with Gasteiger partial charge in [0, 0.05) is 6.54 Å². The molecule has 0 saturated carbocycles. The molecule has 36 heavy (non-hydrogen) atoms. The summed E-state index contributed by atoms with van der Waals surface area (Å²) in [5, 5.41) is 3.52. The minimum Gasteiger partial charge on any atom is -0.467 e. The fraction of sp³-hybridized carbons (Fsp3) is 0.138. The largest absolute Gasteiger partial charge is 0.467 e. The van der Waals surface area contributed by atoms with Gasteiger partial charge in [-0.1, -0.05) is 60.7 Å². The maximum atomic E-state index is 13.7. The van der Waals surface area contributed by atoms with E-state index in [-0.39, 0.29) is 18.1 Å². The second-order valence-corrected chi connectivity index (χ2v) is 8.49. The summed E-state index contributed by atoms with van der Waals surface area (Å²) < 4.78 is 7.15. The predicted octanol–water partition coefficient (Wildman–Crippen LogP) is 5.45. The molecule has 180 valence electrons. The molecule has 7 heteroatoms. The number of para-hydroxylation sites is 2. The Morgan fingerprint density at radius 1 is 0.944 bits per heavy atom. The Balaban J connectivity index is 1.58. The molecule has 0 aliphatic carbocycles. The van der Waals surface area contributed by atoms with E-state index in [9.17, 15) is 9.59 Å². The van der Waals surface area contributed by atoms with E-state index in [4.69, 9.17) is 9.40 Å². The van der Waals surface area contributed by atoms with Crippen molar-refractivity contribution >= 4 is 16.9 Å². The molecular weight excluding hydrogens is 452 g/mol. The van der Waals surface area contributed by atoms with Crippen LogP contribution in [0.3, 0.4) is 0 Å². The molecule has 0 aliphatic heterocycles. The lowest BCUT2D eigenvalue weighted by molar-refractivity contribution is 0.165. The van der Waals surface area contributed by atoms with Gasteiger partial charge in [0.25, 0.3) is 5.56 Å². The van der Waals surface area contributed by atoms with E-state index in [1.54, 1.807) is 27.9 Å². The van der Waals surface area contributed by atoms with Crippen LogP contribution in [0, 0.1) is 0 Å². The number of hydrogen-bond donors (Lipinski definition) is 1. The molecule has 5 aromatic rings. The predicted molar refractivity (Wildman–Crippen MR) is 139 cm³/mol. The van der Waals surface area contributed by atoms with Gasteiger partial charge in [-0.25, -0.2) is 9.78 Å². The highest BCUT2D eigenvalue weighted by molar-refractivity contribution is 5.78. The molecule has 0 radical (unpaired) electrons. The van der Waals surface area contributed by atoms with Gasteiger partial charge in [-0.2, -0.15) is 0 Å². The number of urea groups is 1. The summed E-state index contributed by atoms with van der Waals surface area (Å²) >= 11 is 0. The molecule has 1 unspecified atom stereocenters. The topological polar surface area (TPSA) is 80.4 Å². The molecule has 7 nitrogen and oxygen atoms in total. The maximum absolute atomic E-state index is 13.7. The Morgan fingerprint density at radius 2 is 1.64 bits per heavy atom. The van der Waals surface area contributed by atoms with Gasteiger partial charge in [0.05, 0.1) is 35.4 Å². The van der Waals surface area contributed by atoms with Crippen LogP contribution >= 0.6 is 0 Å². The summed E-state index contributed by atoms with van der Waals surface area (Å²) in [6, 6.07) is 29.1. The Labute approximate surface area is 208 Å². The Morgan fingerprint density at radius 3 is 2.36 bits per heavy atom. The third-order valence-electron chi connectivity index (χ3n) is 6.11. The van der Waals surface area contributed by atoms with Gasteiger partial charge in [-0.3, -0.25) is 9.36 Å². The van der Waals surface area contributed by atoms with Crippen LogP contribution in [-0.4, -0.2) is 20.5 Å². The molecule has 0 saturated heterocycles. The third-order valence-corrected chi connectivity index (χ3v) is 6.11. The van der Waals surface area contributed by atoms with Crippen LogP contribution in [0.5, 0.6) is 0 Å². The van der Waals surface area contributed by atoms with Crippen molar-refractivity contribution in [1.29, 1.82) is 0 Å². The number of nitrogens with zero attached hydrogens (tertiary/aromatic N) is 3. The first-order valence-corrected chi connectivity index (χ1v) is 11.8. The number of carbonyl (C=O) groups excluding carboxylic acids is 1. The van der Waals surface area contributed by atoms with E-state index >= 15 is 0 Å². The van der Waals surface area contributed by atoms with Crippen molar-refractivity contribution in [3.05, 3.63) is 131 Å². The van der Waals surface area contributed by atoms with Crippen molar-refractivity contribution in [3.63, 3.8) is 0 Å². The first-order valence-electron chi connectivity index (χ1n) is 11.8. The van der Waals surface area contributed by atoms with Crippen molar-refractivity contribution in [2.45, 2.75) is 26.1 Å². The second-order valence-electron chi connectivity index (χ2n) is 8.49. The fourth-order valence-electron chi connectivity index (χ4n) is 4.23. The summed E-state index contributed by atoms with van der Waals surface area (Å²) in [5.41, 5.74) is 2.07. The lowest BCUT2D eigenvalue weighted by Gasteiger charge is -2.30. The minimum atomic E-state index is -0.552. The van der Waals surface area contributed by atoms with Crippen molar-refractivity contribution < 1.29 is 9.21 Å². The van der Waals surface area contributed by atoms with Crippen LogP contribution in [0.2, 0.25) is 0 Å². The fourth-order valence-corrected chi connectivity index (χ4v) is 4.23. The molecule has 1 atom stereocenters. The standard InChI is InChI=1S/C29H26N4O3/c1-21(32(20-24-15-10-18-36-24)29(35)30-19-22-11-4-2-5-12-22)27-31-26-17-9-8-16-25(26)28(34)33(27)23-13-6-3-7-14-23/h2-18,21H,19-20H2,1H3,(H,30,35). The van der Waals surface area contributed by atoms with Gasteiger partial charge in [0.15, 0.2) is 0 Å². The number of hydrogen-bond acceptors (Lipinski definition) is 4. The number of furan rings is 1. The minimum absolute atomic E-state index is 0.184. The highest BCUT2D eigenvalue weighted by Gasteiger charge is 2.27. The molecule has 3 aromatic carbocycles. The molecule has 2 amide bonds. The molecule has 0 fully saturated rings. The normalized spacial score (nSPS) is 11.8. The van der Waals surface area contributed by atoms with Gasteiger partial charge in [-0.15, -0.1) is 0 Å². The van der Waals surface area contributed by atoms with Crippen LogP contribution in [0.1, 0.15) is 30.1 Å². The highest BCUT2D eigenvalue weighted by Crippen LogP contribution is 2.25. The van der Waals surface area contributed by atoms with Crippen molar-refractivity contribution in [2.75, 3.05) is 0 Å². The summed E-state index contributed by atoms with van der Waals surface area (Å²) in [4.78, 5) is 33.7. The number of rotatable bonds is 7. The molecule has 0 bridgehead atoms. The van der Waals surface area contributed by atoms with Crippen LogP contribution < -0.4 is 10.9 Å². The Hall–Kier alpha value is -4.65. The van der Waals surface area contributed by atoms with Crippen LogP contribution in [0.25, 0.3) is 16.6 Å². The van der Waals surface area contributed by atoms with Crippen molar-refractivity contribution in [1.82, 2.24) is 19.8 Å². The molecule has 0 spiro atoms. The summed E-state index contributed by atoms with van der Waals surface area (Å²) in [6.45, 7) is 2.46. The number of benzene rings is 3. The summed E-state index contributed by atoms with van der Waals surface area (Å²) in [6.07, 6.45) is 1.58. The molecule has 0 aliphatic rings. The zero-order chi connectivity index (χ0) is 24.9. The van der Waals surface area contributed by atoms with Gasteiger partial charge in [0.2, 0.25) is 0 Å². The van der Waals surface area contributed by atoms with E-state index in [0.717, 1.165) is 5.56 Å². The quantitative estimate of drug-likeness (QED) is 0.337. The van der Waals surface area contributed by atoms with Crippen LogP contribution in [0.15, 0.2) is 113 Å². The molecule has 1 N–H and O–H groups in total. The van der Waals surface area contributed by atoms with E-state index in [2.05, 4.69) is 5.32 Å². The third kappa shape index (κ3) is 4.77. The zero-order valence-corrected chi connectivity index (χ0v) is 19.9. The number of amides is 2. The monoisotopic (exact) mass is 478 g/mol. The Kier molecular flexibility index (Phi) is 6.62. The molecular formula is C29H26N4O3. The molecule has 2 heterocycles. The van der Waals surface area contributed by atoms with Gasteiger partial charge >= 0.3 is 6.03 Å². The van der Waals surface area contributed by atoms with E-state index < -0.39 is 6.04 Å². The number of fused-ring (bicyclic) bond motifs is 1.